The van der Waals surface area contributed by atoms with Crippen LogP contribution >= 0.6 is 0 Å². The minimum Gasteiger partial charge on any atom is -0.467 e. The average Bonchev–Trinajstić information content (AvgIpc) is 2.26. The van der Waals surface area contributed by atoms with Crippen LogP contribution in [0.2, 0.25) is 0 Å². The molecule has 0 aliphatic heterocycles. The van der Waals surface area contributed by atoms with E-state index in [-0.39, 0.29) is 17.4 Å². The summed E-state index contributed by atoms with van der Waals surface area (Å²) < 4.78 is 16.2. The molecule has 0 fully saturated rings. The van der Waals surface area contributed by atoms with Gasteiger partial charge in [-0.05, 0) is 0 Å². The van der Waals surface area contributed by atoms with Crippen molar-refractivity contribution in [1.29, 1.82) is 0 Å². The second kappa shape index (κ2) is 7.80. The fourth-order valence-electron chi connectivity index (χ4n) is 1.07. The molecule has 0 saturated heterocycles. The first-order valence-corrected chi connectivity index (χ1v) is 6.66. The maximum absolute atomic E-state index is 11.7. The van der Waals surface area contributed by atoms with Crippen LogP contribution < -0.4 is 5.32 Å². The quantitative estimate of drug-likeness (QED) is 0.597. The zero-order valence-corrected chi connectivity index (χ0v) is 11.7. The third-order valence-electron chi connectivity index (χ3n) is 2.00. The van der Waals surface area contributed by atoms with E-state index in [0.29, 0.717) is 0 Å². The van der Waals surface area contributed by atoms with Crippen molar-refractivity contribution in [3.8, 4) is 0 Å². The Morgan fingerprint density at radius 2 is 1.89 bits per heavy atom. The van der Waals surface area contributed by atoms with E-state index < -0.39 is 28.7 Å². The van der Waals surface area contributed by atoms with E-state index in [0.717, 1.165) is 0 Å². The summed E-state index contributed by atoms with van der Waals surface area (Å²) >= 11 is 0. The van der Waals surface area contributed by atoms with Gasteiger partial charge in [-0.1, -0.05) is 0 Å². The first kappa shape index (κ1) is 16.6. The molecule has 0 spiro atoms. The van der Waals surface area contributed by atoms with Gasteiger partial charge in [0.15, 0.2) is 0 Å². The Balaban J connectivity index is 4.49. The highest BCUT2D eigenvalue weighted by atomic mass is 32.2. The van der Waals surface area contributed by atoms with Crippen molar-refractivity contribution in [1.82, 2.24) is 10.2 Å². The molecule has 8 heteroatoms. The van der Waals surface area contributed by atoms with E-state index in [1.807, 2.05) is 0 Å². The molecule has 0 heterocycles. The molecular weight excluding hydrogens is 260 g/mol. The lowest BCUT2D eigenvalue weighted by atomic mass is 10.3. The predicted molar refractivity (Wildman–Crippen MR) is 66.2 cm³/mol. The van der Waals surface area contributed by atoms with Gasteiger partial charge >= 0.3 is 5.97 Å². The van der Waals surface area contributed by atoms with Crippen LogP contribution in [0.1, 0.15) is 6.92 Å². The predicted octanol–water partition coefficient (Wildman–Crippen LogP) is -1.50. The van der Waals surface area contributed by atoms with Crippen LogP contribution in [0.15, 0.2) is 0 Å². The summed E-state index contributed by atoms with van der Waals surface area (Å²) in [4.78, 5) is 34.9. The van der Waals surface area contributed by atoms with Gasteiger partial charge in [0, 0.05) is 31.8 Å². The summed E-state index contributed by atoms with van der Waals surface area (Å²) in [5.74, 6) is -1.76. The summed E-state index contributed by atoms with van der Waals surface area (Å²) in [5, 5.41) is 2.33. The largest absolute Gasteiger partial charge is 0.467 e. The standard InChI is InChI=1S/C10H18N2O5S/c1-7(13)11-8(10(15)17-4)5-18(16)6-9(14)12(2)3/h8H,5-6H2,1-4H3,(H,11,13). The van der Waals surface area contributed by atoms with E-state index >= 15 is 0 Å². The van der Waals surface area contributed by atoms with Gasteiger partial charge in [0.2, 0.25) is 11.8 Å². The van der Waals surface area contributed by atoms with Crippen LogP contribution in [0, 0.1) is 0 Å². The monoisotopic (exact) mass is 278 g/mol. The Kier molecular flexibility index (Phi) is 7.18. The number of hydrogen-bond donors (Lipinski definition) is 1. The summed E-state index contributed by atoms with van der Waals surface area (Å²) in [6.45, 7) is 1.24. The molecular formula is C10H18N2O5S. The van der Waals surface area contributed by atoms with Gasteiger partial charge < -0.3 is 15.0 Å². The molecule has 1 N–H and O–H groups in total. The molecule has 0 aromatic carbocycles. The number of esters is 1. The first-order valence-electron chi connectivity index (χ1n) is 5.18. The number of amides is 2. The first-order chi connectivity index (χ1) is 8.27. The summed E-state index contributed by atoms with van der Waals surface area (Å²) in [6, 6.07) is -0.997. The average molecular weight is 278 g/mol. The van der Waals surface area contributed by atoms with Crippen molar-refractivity contribution in [3.05, 3.63) is 0 Å². The number of carbonyl (C=O) groups is 3. The molecule has 0 aliphatic rings. The Labute approximate surface area is 108 Å². The van der Waals surface area contributed by atoms with Crippen molar-refractivity contribution in [2.75, 3.05) is 32.7 Å². The number of carbonyl (C=O) groups excluding carboxylic acids is 3. The smallest absolute Gasteiger partial charge is 0.329 e. The highest BCUT2D eigenvalue weighted by molar-refractivity contribution is 7.85. The van der Waals surface area contributed by atoms with Gasteiger partial charge in [-0.25, -0.2) is 4.79 Å². The van der Waals surface area contributed by atoms with E-state index in [9.17, 15) is 18.6 Å². The van der Waals surface area contributed by atoms with Crippen LogP contribution in [0.3, 0.4) is 0 Å². The molecule has 7 nitrogen and oxygen atoms in total. The molecule has 0 aromatic heterocycles. The molecule has 2 amide bonds. The van der Waals surface area contributed by atoms with Crippen LogP contribution in [-0.2, 0) is 29.9 Å². The Morgan fingerprint density at radius 3 is 2.28 bits per heavy atom. The molecule has 18 heavy (non-hydrogen) atoms. The summed E-state index contributed by atoms with van der Waals surface area (Å²) in [7, 11) is 2.72. The van der Waals surface area contributed by atoms with Crippen molar-refractivity contribution in [2.24, 2.45) is 0 Å². The highest BCUT2D eigenvalue weighted by Crippen LogP contribution is 1.95. The van der Waals surface area contributed by atoms with E-state index in [4.69, 9.17) is 0 Å². The topological polar surface area (TPSA) is 92.8 Å². The second-order valence-electron chi connectivity index (χ2n) is 3.82. The minimum atomic E-state index is -1.55. The minimum absolute atomic E-state index is 0.147. The highest BCUT2D eigenvalue weighted by Gasteiger charge is 2.24. The molecule has 0 bridgehead atoms. The Hall–Kier alpha value is -1.44. The molecule has 2 atom stereocenters. The van der Waals surface area contributed by atoms with Crippen LogP contribution in [0.25, 0.3) is 0 Å². The molecule has 0 rings (SSSR count). The maximum Gasteiger partial charge on any atom is 0.329 e. The number of nitrogens with one attached hydrogen (secondary N) is 1. The van der Waals surface area contributed by atoms with Gasteiger partial charge in [0.25, 0.3) is 0 Å². The second-order valence-corrected chi connectivity index (χ2v) is 5.32. The lowest BCUT2D eigenvalue weighted by Gasteiger charge is -2.15. The van der Waals surface area contributed by atoms with Crippen LogP contribution in [-0.4, -0.2) is 65.6 Å². The Bertz CT molecular complexity index is 356. The number of methoxy groups -OCH3 is 1. The lowest BCUT2D eigenvalue weighted by molar-refractivity contribution is -0.144. The number of nitrogens with zero attached hydrogens (tertiary/aromatic N) is 1. The summed E-state index contributed by atoms with van der Waals surface area (Å²) in [5.41, 5.74) is 0. The molecule has 0 aromatic rings. The summed E-state index contributed by atoms with van der Waals surface area (Å²) in [6.07, 6.45) is 0. The molecule has 0 saturated carbocycles. The van der Waals surface area contributed by atoms with Crippen LogP contribution in [0.5, 0.6) is 0 Å². The van der Waals surface area contributed by atoms with E-state index in [1.165, 1.54) is 18.9 Å². The third kappa shape index (κ3) is 6.33. The van der Waals surface area contributed by atoms with Gasteiger partial charge in [0.05, 0.1) is 12.9 Å². The SMILES string of the molecule is COC(=O)C(CS(=O)CC(=O)N(C)C)NC(C)=O. The van der Waals surface area contributed by atoms with Crippen molar-refractivity contribution in [2.45, 2.75) is 13.0 Å². The zero-order valence-electron chi connectivity index (χ0n) is 10.9. The molecule has 104 valence electrons. The van der Waals surface area contributed by atoms with Gasteiger partial charge in [-0.15, -0.1) is 0 Å². The number of rotatable bonds is 6. The zero-order chi connectivity index (χ0) is 14.3. The van der Waals surface area contributed by atoms with Gasteiger partial charge in [-0.2, -0.15) is 0 Å². The maximum atomic E-state index is 11.7. The normalized spacial score (nSPS) is 13.3. The van der Waals surface area contributed by atoms with E-state index in [1.54, 1.807) is 14.1 Å². The molecule has 2 unspecified atom stereocenters. The number of ether oxygens (including phenoxy) is 1. The van der Waals surface area contributed by atoms with Crippen LogP contribution in [0.4, 0.5) is 0 Å². The van der Waals surface area contributed by atoms with Crippen molar-refractivity contribution >= 4 is 28.6 Å². The molecule has 0 aliphatic carbocycles. The molecule has 0 radical (unpaired) electrons. The third-order valence-corrected chi connectivity index (χ3v) is 3.27. The Morgan fingerprint density at radius 1 is 1.33 bits per heavy atom. The lowest BCUT2D eigenvalue weighted by Crippen LogP contribution is -2.45. The fraction of sp³-hybridized carbons (Fsp3) is 0.700. The van der Waals surface area contributed by atoms with Crippen molar-refractivity contribution < 1.29 is 23.3 Å². The number of hydrogen-bond acceptors (Lipinski definition) is 5. The fourth-order valence-corrected chi connectivity index (χ4v) is 2.31. The van der Waals surface area contributed by atoms with Gasteiger partial charge in [0.1, 0.15) is 11.8 Å². The van der Waals surface area contributed by atoms with E-state index in [2.05, 4.69) is 10.1 Å². The van der Waals surface area contributed by atoms with Crippen molar-refractivity contribution in [3.63, 3.8) is 0 Å². The van der Waals surface area contributed by atoms with Gasteiger partial charge in [-0.3, -0.25) is 13.8 Å².